The van der Waals surface area contributed by atoms with E-state index in [1.807, 2.05) is 0 Å². The predicted octanol–water partition coefficient (Wildman–Crippen LogP) is 2.25. The zero-order chi connectivity index (χ0) is 13.7. The normalized spacial score (nSPS) is 10.2. The summed E-state index contributed by atoms with van der Waals surface area (Å²) in [5.74, 6) is -0.548. The summed E-state index contributed by atoms with van der Waals surface area (Å²) in [6, 6.07) is 12.8. The fraction of sp³-hybridized carbons (Fsp3) is 0.133. The van der Waals surface area contributed by atoms with Crippen LogP contribution in [0.5, 0.6) is 0 Å². The second-order valence-electron chi connectivity index (χ2n) is 4.17. The van der Waals surface area contributed by atoms with Crippen molar-refractivity contribution >= 4 is 5.91 Å². The van der Waals surface area contributed by atoms with Crippen LogP contribution in [0.2, 0.25) is 0 Å². The first-order chi connectivity index (χ1) is 9.19. The van der Waals surface area contributed by atoms with E-state index in [-0.39, 0.29) is 24.9 Å². The van der Waals surface area contributed by atoms with Gasteiger partial charge in [-0.15, -0.1) is 0 Å². The van der Waals surface area contributed by atoms with Crippen LogP contribution in [0.3, 0.4) is 0 Å². The molecule has 0 unspecified atom stereocenters. The monoisotopic (exact) mass is 259 g/mol. The molecule has 0 aliphatic heterocycles. The Hall–Kier alpha value is -2.20. The number of rotatable bonds is 4. The first-order valence-corrected chi connectivity index (χ1v) is 5.91. The summed E-state index contributed by atoms with van der Waals surface area (Å²) in [6.45, 7) is 0.226. The molecule has 0 aromatic heterocycles. The van der Waals surface area contributed by atoms with Gasteiger partial charge in [-0.25, -0.2) is 4.39 Å². The molecule has 0 radical (unpaired) electrons. The summed E-state index contributed by atoms with van der Waals surface area (Å²) in [6.07, 6.45) is 0. The topological polar surface area (TPSA) is 49.3 Å². The van der Waals surface area contributed by atoms with Crippen LogP contribution in [0, 0.1) is 5.82 Å². The maximum atomic E-state index is 13.0. The van der Waals surface area contributed by atoms with Crippen LogP contribution in [-0.2, 0) is 13.2 Å². The van der Waals surface area contributed by atoms with E-state index in [0.29, 0.717) is 11.1 Å². The molecule has 0 fully saturated rings. The van der Waals surface area contributed by atoms with Crippen LogP contribution in [0.25, 0.3) is 0 Å². The van der Waals surface area contributed by atoms with Crippen molar-refractivity contribution in [2.24, 2.45) is 0 Å². The molecule has 1 amide bonds. The number of aliphatic hydroxyl groups is 1. The Kier molecular flexibility index (Phi) is 4.26. The summed E-state index contributed by atoms with van der Waals surface area (Å²) in [5.41, 5.74) is 1.97. The minimum atomic E-state index is -0.320. The van der Waals surface area contributed by atoms with E-state index in [2.05, 4.69) is 5.32 Å². The average Bonchev–Trinajstić information content (AvgIpc) is 2.45. The Bertz CT molecular complexity index is 567. The number of carbonyl (C=O) groups is 1. The lowest BCUT2D eigenvalue weighted by atomic mass is 10.1. The van der Waals surface area contributed by atoms with Gasteiger partial charge < -0.3 is 10.4 Å². The van der Waals surface area contributed by atoms with Gasteiger partial charge in [0.25, 0.3) is 5.91 Å². The lowest BCUT2D eigenvalue weighted by Crippen LogP contribution is -2.22. The molecule has 19 heavy (non-hydrogen) atoms. The standard InChI is InChI=1S/C15H14FNO2/c16-14-3-1-2-12(8-14)9-17-15(19)13-6-4-11(10-18)5-7-13/h1-8,18H,9-10H2,(H,17,19). The molecule has 0 aliphatic rings. The van der Waals surface area contributed by atoms with Gasteiger partial charge in [-0.05, 0) is 35.4 Å². The molecule has 0 saturated carbocycles. The van der Waals surface area contributed by atoms with E-state index in [0.717, 1.165) is 5.56 Å². The van der Waals surface area contributed by atoms with Crippen molar-refractivity contribution in [2.75, 3.05) is 0 Å². The third-order valence-electron chi connectivity index (χ3n) is 2.74. The van der Waals surface area contributed by atoms with Crippen molar-refractivity contribution in [3.05, 3.63) is 71.0 Å². The van der Waals surface area contributed by atoms with Crippen molar-refractivity contribution in [3.63, 3.8) is 0 Å². The molecule has 2 aromatic carbocycles. The summed E-state index contributed by atoms with van der Waals surface area (Å²) < 4.78 is 13.0. The fourth-order valence-electron chi connectivity index (χ4n) is 1.69. The average molecular weight is 259 g/mol. The number of hydrogen-bond acceptors (Lipinski definition) is 2. The van der Waals surface area contributed by atoms with Gasteiger partial charge in [-0.1, -0.05) is 24.3 Å². The van der Waals surface area contributed by atoms with E-state index < -0.39 is 0 Å². The molecule has 3 nitrogen and oxygen atoms in total. The summed E-state index contributed by atoms with van der Waals surface area (Å²) in [7, 11) is 0. The Morgan fingerprint density at radius 2 is 1.84 bits per heavy atom. The van der Waals surface area contributed by atoms with Gasteiger partial charge in [0.15, 0.2) is 0 Å². The zero-order valence-electron chi connectivity index (χ0n) is 10.3. The largest absolute Gasteiger partial charge is 0.392 e. The van der Waals surface area contributed by atoms with Gasteiger partial charge >= 0.3 is 0 Å². The molecular weight excluding hydrogens is 245 g/mol. The lowest BCUT2D eigenvalue weighted by molar-refractivity contribution is 0.0950. The van der Waals surface area contributed by atoms with Gasteiger partial charge in [0.1, 0.15) is 5.82 Å². The molecule has 2 N–H and O–H groups in total. The van der Waals surface area contributed by atoms with Gasteiger partial charge in [-0.3, -0.25) is 4.79 Å². The summed E-state index contributed by atoms with van der Waals surface area (Å²) in [5, 5.41) is 11.6. The Morgan fingerprint density at radius 3 is 2.47 bits per heavy atom. The number of halogens is 1. The summed E-state index contributed by atoms with van der Waals surface area (Å²) in [4.78, 5) is 11.8. The first kappa shape index (κ1) is 13.2. The van der Waals surface area contributed by atoms with Crippen molar-refractivity contribution in [2.45, 2.75) is 13.2 Å². The molecule has 98 valence electrons. The third-order valence-corrected chi connectivity index (χ3v) is 2.74. The maximum absolute atomic E-state index is 13.0. The van der Waals surface area contributed by atoms with Crippen LogP contribution >= 0.6 is 0 Å². The molecule has 0 saturated heterocycles. The molecule has 0 atom stereocenters. The van der Waals surface area contributed by atoms with E-state index in [4.69, 9.17) is 5.11 Å². The molecule has 0 aliphatic carbocycles. The summed E-state index contributed by atoms with van der Waals surface area (Å²) >= 11 is 0. The molecule has 0 spiro atoms. The van der Waals surface area contributed by atoms with Gasteiger partial charge in [0.2, 0.25) is 0 Å². The van der Waals surface area contributed by atoms with Crippen LogP contribution in [0.15, 0.2) is 48.5 Å². The van der Waals surface area contributed by atoms with Crippen molar-refractivity contribution in [1.29, 1.82) is 0 Å². The number of amides is 1. The van der Waals surface area contributed by atoms with Gasteiger partial charge in [0.05, 0.1) is 6.61 Å². The third kappa shape index (κ3) is 3.63. The van der Waals surface area contributed by atoms with Crippen LogP contribution < -0.4 is 5.32 Å². The molecule has 4 heteroatoms. The molecule has 2 aromatic rings. The molecule has 0 bridgehead atoms. The number of carbonyl (C=O) groups excluding carboxylic acids is 1. The van der Waals surface area contributed by atoms with Crippen LogP contribution in [-0.4, -0.2) is 11.0 Å². The Morgan fingerprint density at radius 1 is 1.11 bits per heavy atom. The SMILES string of the molecule is O=C(NCc1cccc(F)c1)c1ccc(CO)cc1. The van der Waals surface area contributed by atoms with Crippen molar-refractivity contribution in [1.82, 2.24) is 5.32 Å². The van der Waals surface area contributed by atoms with E-state index in [1.54, 1.807) is 36.4 Å². The molecular formula is C15H14FNO2. The minimum absolute atomic E-state index is 0.0504. The highest BCUT2D eigenvalue weighted by atomic mass is 19.1. The van der Waals surface area contributed by atoms with E-state index >= 15 is 0 Å². The smallest absolute Gasteiger partial charge is 0.251 e. The number of nitrogens with one attached hydrogen (secondary N) is 1. The maximum Gasteiger partial charge on any atom is 0.251 e. The predicted molar refractivity (Wildman–Crippen MR) is 69.9 cm³/mol. The highest BCUT2D eigenvalue weighted by molar-refractivity contribution is 5.94. The number of aliphatic hydroxyl groups excluding tert-OH is 1. The fourth-order valence-corrected chi connectivity index (χ4v) is 1.69. The van der Waals surface area contributed by atoms with Gasteiger partial charge in [-0.2, -0.15) is 0 Å². The van der Waals surface area contributed by atoms with Crippen molar-refractivity contribution in [3.8, 4) is 0 Å². The highest BCUT2D eigenvalue weighted by Gasteiger charge is 2.05. The number of benzene rings is 2. The van der Waals surface area contributed by atoms with Crippen LogP contribution in [0.1, 0.15) is 21.5 Å². The molecule has 2 rings (SSSR count). The first-order valence-electron chi connectivity index (χ1n) is 5.91. The van der Waals surface area contributed by atoms with E-state index in [9.17, 15) is 9.18 Å². The quantitative estimate of drug-likeness (QED) is 0.884. The van der Waals surface area contributed by atoms with Crippen molar-refractivity contribution < 1.29 is 14.3 Å². The Labute approximate surface area is 110 Å². The highest BCUT2D eigenvalue weighted by Crippen LogP contribution is 2.06. The Balaban J connectivity index is 1.97. The minimum Gasteiger partial charge on any atom is -0.392 e. The van der Waals surface area contributed by atoms with Crippen LogP contribution in [0.4, 0.5) is 4.39 Å². The second kappa shape index (κ2) is 6.11. The lowest BCUT2D eigenvalue weighted by Gasteiger charge is -2.06. The molecule has 0 heterocycles. The van der Waals surface area contributed by atoms with Gasteiger partial charge in [0, 0.05) is 12.1 Å². The number of hydrogen-bond donors (Lipinski definition) is 2. The van der Waals surface area contributed by atoms with E-state index in [1.165, 1.54) is 12.1 Å². The zero-order valence-corrected chi connectivity index (χ0v) is 10.3. The second-order valence-corrected chi connectivity index (χ2v) is 4.17.